The molecular weight excluding hydrogens is 324 g/mol. The summed E-state index contributed by atoms with van der Waals surface area (Å²) in [5, 5.41) is 2.69. The van der Waals surface area contributed by atoms with Crippen LogP contribution in [0.4, 0.5) is 0 Å². The van der Waals surface area contributed by atoms with Crippen LogP contribution in [-0.2, 0) is 20.9 Å². The number of nitrogens with zero attached hydrogens (tertiary/aromatic N) is 1. The highest BCUT2D eigenvalue weighted by atomic mass is 79.9. The van der Waals surface area contributed by atoms with E-state index in [9.17, 15) is 9.59 Å². The van der Waals surface area contributed by atoms with E-state index in [0.29, 0.717) is 6.54 Å². The minimum atomic E-state index is -0.660. The van der Waals surface area contributed by atoms with Gasteiger partial charge in [-0.05, 0) is 17.7 Å². The summed E-state index contributed by atoms with van der Waals surface area (Å²) in [5.41, 5.74) is 0.908. The van der Waals surface area contributed by atoms with Crippen molar-refractivity contribution >= 4 is 27.8 Å². The van der Waals surface area contributed by atoms with Gasteiger partial charge in [0.1, 0.15) is 5.57 Å². The van der Waals surface area contributed by atoms with Gasteiger partial charge in [-0.2, -0.15) is 0 Å². The molecule has 0 spiro atoms. The first-order valence-corrected chi connectivity index (χ1v) is 6.72. The number of rotatable bonds is 5. The summed E-state index contributed by atoms with van der Waals surface area (Å²) >= 11 is 3.34. The van der Waals surface area contributed by atoms with Crippen molar-refractivity contribution in [3.8, 4) is 0 Å². The molecule has 6 heteroatoms. The van der Waals surface area contributed by atoms with Crippen LogP contribution in [0, 0.1) is 0 Å². The fourth-order valence-corrected chi connectivity index (χ4v) is 1.72. The number of methoxy groups -OCH3 is 1. The molecule has 1 N–H and O–H groups in total. The van der Waals surface area contributed by atoms with Gasteiger partial charge in [0.2, 0.25) is 0 Å². The standard InChI is InChI=1S/C14H17BrN2O3/c1-17(2)9-12(14(19)20-3)13(18)16-8-10-4-6-11(15)7-5-10/h4-7,9H,8H2,1-3H3,(H,16,18). The lowest BCUT2D eigenvalue weighted by Gasteiger charge is -2.11. The molecule has 0 saturated carbocycles. The van der Waals surface area contributed by atoms with Gasteiger partial charge in [0, 0.05) is 31.3 Å². The van der Waals surface area contributed by atoms with E-state index in [1.165, 1.54) is 13.3 Å². The van der Waals surface area contributed by atoms with E-state index in [0.717, 1.165) is 10.0 Å². The van der Waals surface area contributed by atoms with Crippen LogP contribution in [0.25, 0.3) is 0 Å². The average molecular weight is 341 g/mol. The highest BCUT2D eigenvalue weighted by molar-refractivity contribution is 9.10. The van der Waals surface area contributed by atoms with Crippen LogP contribution < -0.4 is 5.32 Å². The van der Waals surface area contributed by atoms with Crippen LogP contribution >= 0.6 is 15.9 Å². The molecule has 0 fully saturated rings. The maximum atomic E-state index is 12.0. The number of nitrogens with one attached hydrogen (secondary N) is 1. The second-order valence-electron chi connectivity index (χ2n) is 4.31. The van der Waals surface area contributed by atoms with Crippen molar-refractivity contribution in [2.75, 3.05) is 21.2 Å². The van der Waals surface area contributed by atoms with Gasteiger partial charge in [-0.15, -0.1) is 0 Å². The lowest BCUT2D eigenvalue weighted by atomic mass is 10.2. The zero-order valence-corrected chi connectivity index (χ0v) is 13.2. The van der Waals surface area contributed by atoms with E-state index < -0.39 is 11.9 Å². The Morgan fingerprint density at radius 2 is 1.90 bits per heavy atom. The van der Waals surface area contributed by atoms with Crippen molar-refractivity contribution in [2.24, 2.45) is 0 Å². The zero-order valence-electron chi connectivity index (χ0n) is 11.6. The molecule has 1 amide bonds. The van der Waals surface area contributed by atoms with Gasteiger partial charge >= 0.3 is 5.97 Å². The Hall–Kier alpha value is -1.82. The number of hydrogen-bond acceptors (Lipinski definition) is 4. The van der Waals surface area contributed by atoms with Gasteiger partial charge in [-0.25, -0.2) is 4.79 Å². The number of benzene rings is 1. The molecule has 108 valence electrons. The monoisotopic (exact) mass is 340 g/mol. The molecule has 1 rings (SSSR count). The van der Waals surface area contributed by atoms with Crippen molar-refractivity contribution in [3.05, 3.63) is 46.1 Å². The summed E-state index contributed by atoms with van der Waals surface area (Å²) in [4.78, 5) is 25.2. The molecular formula is C14H17BrN2O3. The first kappa shape index (κ1) is 16.2. The fraction of sp³-hybridized carbons (Fsp3) is 0.286. The van der Waals surface area contributed by atoms with Crippen molar-refractivity contribution in [1.29, 1.82) is 0 Å². The smallest absolute Gasteiger partial charge is 0.344 e. The van der Waals surface area contributed by atoms with Crippen molar-refractivity contribution < 1.29 is 14.3 Å². The van der Waals surface area contributed by atoms with E-state index in [-0.39, 0.29) is 5.57 Å². The topological polar surface area (TPSA) is 58.6 Å². The highest BCUT2D eigenvalue weighted by Gasteiger charge is 2.19. The Bertz CT molecular complexity index is 510. The van der Waals surface area contributed by atoms with E-state index >= 15 is 0 Å². The second-order valence-corrected chi connectivity index (χ2v) is 5.22. The largest absolute Gasteiger partial charge is 0.465 e. The molecule has 1 aromatic rings. The van der Waals surface area contributed by atoms with Crippen molar-refractivity contribution in [1.82, 2.24) is 10.2 Å². The number of esters is 1. The predicted molar refractivity (Wildman–Crippen MR) is 79.8 cm³/mol. The Balaban J connectivity index is 2.72. The molecule has 0 saturated heterocycles. The molecule has 0 aliphatic carbocycles. The second kappa shape index (κ2) is 7.69. The van der Waals surface area contributed by atoms with Crippen LogP contribution in [0.3, 0.4) is 0 Å². The molecule has 0 atom stereocenters. The summed E-state index contributed by atoms with van der Waals surface area (Å²) in [7, 11) is 4.70. The maximum absolute atomic E-state index is 12.0. The Morgan fingerprint density at radius 1 is 1.30 bits per heavy atom. The molecule has 0 unspecified atom stereocenters. The minimum Gasteiger partial charge on any atom is -0.465 e. The lowest BCUT2D eigenvalue weighted by molar-refractivity contribution is -0.138. The summed E-state index contributed by atoms with van der Waals surface area (Å²) < 4.78 is 5.57. The normalized spacial score (nSPS) is 10.9. The number of hydrogen-bond donors (Lipinski definition) is 1. The Kier molecular flexibility index (Phi) is 6.24. The Morgan fingerprint density at radius 3 is 2.40 bits per heavy atom. The molecule has 0 radical (unpaired) electrons. The molecule has 0 heterocycles. The van der Waals surface area contributed by atoms with Gasteiger partial charge in [0.15, 0.2) is 0 Å². The van der Waals surface area contributed by atoms with Crippen LogP contribution in [-0.4, -0.2) is 38.0 Å². The molecule has 0 aliphatic rings. The van der Waals surface area contributed by atoms with Gasteiger partial charge in [0.05, 0.1) is 7.11 Å². The molecule has 1 aromatic carbocycles. The molecule has 20 heavy (non-hydrogen) atoms. The summed E-state index contributed by atoms with van der Waals surface area (Å²) in [6.07, 6.45) is 1.43. The first-order chi connectivity index (χ1) is 9.43. The number of amides is 1. The van der Waals surface area contributed by atoms with E-state index in [1.54, 1.807) is 19.0 Å². The third-order valence-electron chi connectivity index (χ3n) is 2.40. The molecule has 0 aliphatic heterocycles. The minimum absolute atomic E-state index is 0.0328. The van der Waals surface area contributed by atoms with Gasteiger partial charge in [0.25, 0.3) is 5.91 Å². The zero-order chi connectivity index (χ0) is 15.1. The number of carbonyl (C=O) groups is 2. The predicted octanol–water partition coefficient (Wildman–Crippen LogP) is 1.68. The van der Waals surface area contributed by atoms with Crippen molar-refractivity contribution in [3.63, 3.8) is 0 Å². The fourth-order valence-electron chi connectivity index (χ4n) is 1.45. The maximum Gasteiger partial charge on any atom is 0.344 e. The summed E-state index contributed by atoms with van der Waals surface area (Å²) in [5.74, 6) is -1.12. The van der Waals surface area contributed by atoms with Gasteiger partial charge in [-0.1, -0.05) is 28.1 Å². The quantitative estimate of drug-likeness (QED) is 0.383. The number of ether oxygens (including phenoxy) is 1. The number of halogens is 1. The van der Waals surface area contributed by atoms with Gasteiger partial charge in [-0.3, -0.25) is 4.79 Å². The molecule has 0 bridgehead atoms. The van der Waals surface area contributed by atoms with E-state index in [4.69, 9.17) is 0 Å². The SMILES string of the molecule is COC(=O)C(=CN(C)C)C(=O)NCc1ccc(Br)cc1. The van der Waals surface area contributed by atoms with Crippen LogP contribution in [0.1, 0.15) is 5.56 Å². The lowest BCUT2D eigenvalue weighted by Crippen LogP contribution is -2.29. The number of carbonyl (C=O) groups excluding carboxylic acids is 2. The molecule has 5 nitrogen and oxygen atoms in total. The summed E-state index contributed by atoms with van der Waals surface area (Å²) in [6, 6.07) is 7.55. The van der Waals surface area contributed by atoms with Crippen LogP contribution in [0.2, 0.25) is 0 Å². The van der Waals surface area contributed by atoms with Crippen LogP contribution in [0.5, 0.6) is 0 Å². The Labute approximate surface area is 126 Å². The summed E-state index contributed by atoms with van der Waals surface area (Å²) in [6.45, 7) is 0.341. The van der Waals surface area contributed by atoms with Crippen molar-refractivity contribution in [2.45, 2.75) is 6.54 Å². The first-order valence-electron chi connectivity index (χ1n) is 5.93. The van der Waals surface area contributed by atoms with E-state index in [2.05, 4.69) is 26.0 Å². The van der Waals surface area contributed by atoms with Gasteiger partial charge < -0.3 is 15.0 Å². The van der Waals surface area contributed by atoms with Crippen LogP contribution in [0.15, 0.2) is 40.5 Å². The average Bonchev–Trinajstić information content (AvgIpc) is 2.42. The third-order valence-corrected chi connectivity index (χ3v) is 2.93. The third kappa shape index (κ3) is 5.05. The molecule has 0 aromatic heterocycles. The van der Waals surface area contributed by atoms with E-state index in [1.807, 2.05) is 24.3 Å². The highest BCUT2D eigenvalue weighted by Crippen LogP contribution is 2.10.